The van der Waals surface area contributed by atoms with E-state index in [-0.39, 0.29) is 24.7 Å². The van der Waals surface area contributed by atoms with Crippen LogP contribution in [0.25, 0.3) is 0 Å². The molecule has 0 aliphatic carbocycles. The fraction of sp³-hybridized carbons (Fsp3) is 0.571. The van der Waals surface area contributed by atoms with Crippen molar-refractivity contribution in [3.63, 3.8) is 0 Å². The summed E-state index contributed by atoms with van der Waals surface area (Å²) in [6.45, 7) is 0. The van der Waals surface area contributed by atoms with E-state index < -0.39 is 11.9 Å². The lowest BCUT2D eigenvalue weighted by atomic mass is 10.0. The molecule has 0 aromatic heterocycles. The Bertz CT molecular complexity index is 246. The van der Waals surface area contributed by atoms with Crippen LogP contribution in [-0.2, 0) is 14.4 Å². The molecule has 0 aromatic rings. The van der Waals surface area contributed by atoms with Gasteiger partial charge in [-0.3, -0.25) is 19.3 Å². The molecule has 0 saturated carbocycles. The van der Waals surface area contributed by atoms with Crippen molar-refractivity contribution < 1.29 is 19.5 Å². The number of imide groups is 1. The molecule has 0 radical (unpaired) electrons. The van der Waals surface area contributed by atoms with Crippen LogP contribution < -0.4 is 0 Å². The average molecular weight is 171 g/mol. The second kappa shape index (κ2) is 2.92. The van der Waals surface area contributed by atoms with Crippen molar-refractivity contribution in [2.75, 3.05) is 7.05 Å². The van der Waals surface area contributed by atoms with Crippen molar-refractivity contribution in [1.29, 1.82) is 0 Å². The molecular formula is C7H9NO4. The molecule has 2 amide bonds. The third-order valence-corrected chi connectivity index (χ3v) is 1.90. The van der Waals surface area contributed by atoms with Crippen LogP contribution in [0.4, 0.5) is 0 Å². The van der Waals surface area contributed by atoms with Crippen LogP contribution in [0.3, 0.4) is 0 Å². The number of nitrogens with zero attached hydrogens (tertiary/aromatic N) is 1. The first kappa shape index (κ1) is 8.70. The van der Waals surface area contributed by atoms with Gasteiger partial charge in [0.05, 0.1) is 12.3 Å². The van der Waals surface area contributed by atoms with Gasteiger partial charge in [-0.05, 0) is 0 Å². The Kier molecular flexibility index (Phi) is 2.12. The van der Waals surface area contributed by atoms with Gasteiger partial charge in [0.15, 0.2) is 0 Å². The summed E-state index contributed by atoms with van der Waals surface area (Å²) in [7, 11) is 1.37. The Balaban J connectivity index is 2.65. The van der Waals surface area contributed by atoms with Crippen molar-refractivity contribution in [3.05, 3.63) is 0 Å². The molecule has 66 valence electrons. The summed E-state index contributed by atoms with van der Waals surface area (Å²) < 4.78 is 0. The molecule has 0 aromatic carbocycles. The lowest BCUT2D eigenvalue weighted by Crippen LogP contribution is -2.26. The molecule has 5 heteroatoms. The molecule has 1 fully saturated rings. The normalized spacial score (nSPS) is 23.4. The van der Waals surface area contributed by atoms with Gasteiger partial charge in [0.25, 0.3) is 0 Å². The van der Waals surface area contributed by atoms with E-state index in [1.807, 2.05) is 0 Å². The molecule has 5 nitrogen and oxygen atoms in total. The molecule has 1 saturated heterocycles. The number of carbonyl (C=O) groups is 3. The maximum Gasteiger partial charge on any atom is 0.304 e. The van der Waals surface area contributed by atoms with Crippen LogP contribution in [0.1, 0.15) is 12.8 Å². The first-order valence-electron chi connectivity index (χ1n) is 3.54. The van der Waals surface area contributed by atoms with Gasteiger partial charge in [0.2, 0.25) is 11.8 Å². The SMILES string of the molecule is CN1C(=O)CC(CC(=O)O)C1=O. The summed E-state index contributed by atoms with van der Waals surface area (Å²) >= 11 is 0. The molecule has 0 bridgehead atoms. The Morgan fingerprint density at radius 1 is 1.67 bits per heavy atom. The number of likely N-dealkylation sites (tertiary alicyclic amines) is 1. The number of hydrogen-bond donors (Lipinski definition) is 1. The largest absolute Gasteiger partial charge is 0.481 e. The number of carboxylic acid groups (broad SMARTS) is 1. The second-order valence-corrected chi connectivity index (χ2v) is 2.79. The second-order valence-electron chi connectivity index (χ2n) is 2.79. The van der Waals surface area contributed by atoms with Crippen molar-refractivity contribution in [3.8, 4) is 0 Å². The van der Waals surface area contributed by atoms with E-state index in [4.69, 9.17) is 5.11 Å². The van der Waals surface area contributed by atoms with Gasteiger partial charge in [0, 0.05) is 13.5 Å². The summed E-state index contributed by atoms with van der Waals surface area (Å²) in [4.78, 5) is 33.2. The quantitative estimate of drug-likeness (QED) is 0.566. The van der Waals surface area contributed by atoms with Crippen LogP contribution >= 0.6 is 0 Å². The van der Waals surface area contributed by atoms with E-state index in [0.29, 0.717) is 0 Å². The lowest BCUT2D eigenvalue weighted by Gasteiger charge is -2.05. The van der Waals surface area contributed by atoms with Gasteiger partial charge in [-0.15, -0.1) is 0 Å². The van der Waals surface area contributed by atoms with E-state index in [2.05, 4.69) is 0 Å². The fourth-order valence-corrected chi connectivity index (χ4v) is 1.20. The lowest BCUT2D eigenvalue weighted by molar-refractivity contribution is -0.143. The minimum Gasteiger partial charge on any atom is -0.481 e. The molecule has 1 atom stereocenters. The maximum atomic E-state index is 11.1. The zero-order valence-corrected chi connectivity index (χ0v) is 6.61. The predicted molar refractivity (Wildman–Crippen MR) is 38.1 cm³/mol. The summed E-state index contributed by atoms with van der Waals surface area (Å²) in [6, 6.07) is 0. The van der Waals surface area contributed by atoms with Gasteiger partial charge in [-0.25, -0.2) is 0 Å². The third-order valence-electron chi connectivity index (χ3n) is 1.90. The molecule has 1 aliphatic heterocycles. The first-order chi connectivity index (χ1) is 5.52. The van der Waals surface area contributed by atoms with Crippen LogP contribution in [0.2, 0.25) is 0 Å². The average Bonchev–Trinajstić information content (AvgIpc) is 2.17. The molecule has 1 aliphatic rings. The maximum absolute atomic E-state index is 11.1. The van der Waals surface area contributed by atoms with Crippen LogP contribution in [-0.4, -0.2) is 34.8 Å². The van der Waals surface area contributed by atoms with Gasteiger partial charge in [0.1, 0.15) is 0 Å². The molecule has 1 N–H and O–H groups in total. The van der Waals surface area contributed by atoms with E-state index in [0.717, 1.165) is 4.90 Å². The highest BCUT2D eigenvalue weighted by molar-refractivity contribution is 6.04. The summed E-state index contributed by atoms with van der Waals surface area (Å²) in [6.07, 6.45) is -0.226. The summed E-state index contributed by atoms with van der Waals surface area (Å²) in [5, 5.41) is 8.38. The fourth-order valence-electron chi connectivity index (χ4n) is 1.20. The third kappa shape index (κ3) is 1.44. The van der Waals surface area contributed by atoms with Crippen LogP contribution in [0, 0.1) is 5.92 Å². The van der Waals surface area contributed by atoms with Gasteiger partial charge in [-0.2, -0.15) is 0 Å². The highest BCUT2D eigenvalue weighted by atomic mass is 16.4. The Hall–Kier alpha value is -1.39. The van der Waals surface area contributed by atoms with Crippen molar-refractivity contribution in [2.45, 2.75) is 12.8 Å². The standard InChI is InChI=1S/C7H9NO4/c1-8-5(9)2-4(7(8)12)3-6(10)11/h4H,2-3H2,1H3,(H,10,11). The zero-order chi connectivity index (χ0) is 9.30. The zero-order valence-electron chi connectivity index (χ0n) is 6.61. The molecule has 1 heterocycles. The number of aliphatic carboxylic acids is 1. The highest BCUT2D eigenvalue weighted by Gasteiger charge is 2.36. The monoisotopic (exact) mass is 171 g/mol. The Morgan fingerprint density at radius 3 is 2.58 bits per heavy atom. The molecular weight excluding hydrogens is 162 g/mol. The van der Waals surface area contributed by atoms with Crippen molar-refractivity contribution >= 4 is 17.8 Å². The first-order valence-corrected chi connectivity index (χ1v) is 3.54. The molecule has 12 heavy (non-hydrogen) atoms. The Labute approximate surface area is 69.0 Å². The molecule has 0 spiro atoms. The number of hydrogen-bond acceptors (Lipinski definition) is 3. The predicted octanol–water partition coefficient (Wildman–Crippen LogP) is -0.534. The van der Waals surface area contributed by atoms with E-state index in [9.17, 15) is 14.4 Å². The smallest absolute Gasteiger partial charge is 0.304 e. The highest BCUT2D eigenvalue weighted by Crippen LogP contribution is 2.20. The van der Waals surface area contributed by atoms with Crippen molar-refractivity contribution in [2.24, 2.45) is 5.92 Å². The molecule has 1 rings (SSSR count). The minimum atomic E-state index is -1.04. The van der Waals surface area contributed by atoms with E-state index >= 15 is 0 Å². The summed E-state index contributed by atoms with van der Waals surface area (Å²) in [5.41, 5.74) is 0. The Morgan fingerprint density at radius 2 is 2.25 bits per heavy atom. The van der Waals surface area contributed by atoms with Gasteiger partial charge in [-0.1, -0.05) is 0 Å². The van der Waals surface area contributed by atoms with Crippen molar-refractivity contribution in [1.82, 2.24) is 4.90 Å². The summed E-state index contributed by atoms with van der Waals surface area (Å²) in [5.74, 6) is -2.38. The number of rotatable bonds is 2. The number of carbonyl (C=O) groups excluding carboxylic acids is 2. The topological polar surface area (TPSA) is 74.7 Å². The number of amides is 2. The minimum absolute atomic E-state index is 0.0294. The van der Waals surface area contributed by atoms with Crippen LogP contribution in [0.15, 0.2) is 0 Å². The van der Waals surface area contributed by atoms with Gasteiger partial charge >= 0.3 is 5.97 Å². The van der Waals surface area contributed by atoms with E-state index in [1.54, 1.807) is 0 Å². The van der Waals surface area contributed by atoms with Gasteiger partial charge < -0.3 is 5.11 Å². The molecule has 1 unspecified atom stereocenters. The van der Waals surface area contributed by atoms with E-state index in [1.165, 1.54) is 7.05 Å². The number of carboxylic acids is 1. The van der Waals surface area contributed by atoms with Crippen LogP contribution in [0.5, 0.6) is 0 Å².